The molecule has 0 saturated heterocycles. The summed E-state index contributed by atoms with van der Waals surface area (Å²) in [6.45, 7) is 2.03. The molecule has 1 aliphatic rings. The van der Waals surface area contributed by atoms with Crippen LogP contribution >= 0.6 is 11.3 Å². The number of para-hydroxylation sites is 2. The van der Waals surface area contributed by atoms with Crippen LogP contribution in [0.25, 0.3) is 10.2 Å². The smallest absolute Gasteiger partial charge is 0.113 e. The largest absolute Gasteiger partial charge is 0.364 e. The second-order valence-corrected chi connectivity index (χ2v) is 5.99. The fourth-order valence-corrected chi connectivity index (χ4v) is 3.70. The van der Waals surface area contributed by atoms with Crippen molar-refractivity contribution in [2.45, 2.75) is 13.0 Å². The summed E-state index contributed by atoms with van der Waals surface area (Å²) in [6.07, 6.45) is 1.15. The Labute approximate surface area is 116 Å². The average Bonchev–Trinajstić information content (AvgIpc) is 3.03. The van der Waals surface area contributed by atoms with Gasteiger partial charge >= 0.3 is 0 Å². The second kappa shape index (κ2) is 4.35. The van der Waals surface area contributed by atoms with Gasteiger partial charge in [-0.1, -0.05) is 30.3 Å². The Balaban J connectivity index is 1.65. The molecule has 2 nitrogen and oxygen atoms in total. The number of rotatable bonds is 2. The van der Waals surface area contributed by atoms with Gasteiger partial charge < -0.3 is 4.90 Å². The van der Waals surface area contributed by atoms with Crippen LogP contribution in [0, 0.1) is 0 Å². The van der Waals surface area contributed by atoms with Gasteiger partial charge in [-0.25, -0.2) is 4.98 Å². The molecule has 0 saturated carbocycles. The van der Waals surface area contributed by atoms with Crippen LogP contribution in [-0.4, -0.2) is 11.5 Å². The Hall–Kier alpha value is -1.87. The maximum atomic E-state index is 4.73. The van der Waals surface area contributed by atoms with Crippen LogP contribution in [-0.2, 0) is 13.0 Å². The fraction of sp³-hybridized carbons (Fsp3) is 0.188. The first-order chi connectivity index (χ1) is 9.40. The highest BCUT2D eigenvalue weighted by atomic mass is 32.1. The van der Waals surface area contributed by atoms with E-state index in [2.05, 4.69) is 53.4 Å². The lowest BCUT2D eigenvalue weighted by Gasteiger charge is -2.17. The third-order valence-electron chi connectivity index (χ3n) is 3.65. The maximum absolute atomic E-state index is 4.73. The van der Waals surface area contributed by atoms with E-state index < -0.39 is 0 Å². The molecular weight excluding hydrogens is 252 g/mol. The van der Waals surface area contributed by atoms with Gasteiger partial charge in [0, 0.05) is 12.2 Å². The number of thiazole rings is 1. The third kappa shape index (κ3) is 1.90. The monoisotopic (exact) mass is 266 g/mol. The van der Waals surface area contributed by atoms with E-state index in [1.165, 1.54) is 21.0 Å². The topological polar surface area (TPSA) is 16.1 Å². The first-order valence-electron chi connectivity index (χ1n) is 6.57. The SMILES string of the molecule is c1ccc2c(c1)CCN2Cc1nc2ccccc2s1. The molecule has 0 N–H and O–H groups in total. The van der Waals surface area contributed by atoms with Crippen molar-refractivity contribution in [2.24, 2.45) is 0 Å². The van der Waals surface area contributed by atoms with Crippen molar-refractivity contribution < 1.29 is 0 Å². The number of hydrogen-bond donors (Lipinski definition) is 0. The molecule has 0 radical (unpaired) electrons. The number of fused-ring (bicyclic) bond motifs is 2. The van der Waals surface area contributed by atoms with Gasteiger partial charge in [0.25, 0.3) is 0 Å². The zero-order chi connectivity index (χ0) is 12.7. The molecule has 0 aliphatic carbocycles. The molecule has 3 aromatic rings. The van der Waals surface area contributed by atoms with Crippen molar-refractivity contribution in [1.82, 2.24) is 4.98 Å². The van der Waals surface area contributed by atoms with Crippen molar-refractivity contribution in [3.63, 3.8) is 0 Å². The van der Waals surface area contributed by atoms with Gasteiger partial charge in [-0.15, -0.1) is 11.3 Å². The van der Waals surface area contributed by atoms with Gasteiger partial charge in [0.15, 0.2) is 0 Å². The predicted molar refractivity (Wildman–Crippen MR) is 80.8 cm³/mol. The van der Waals surface area contributed by atoms with Crippen molar-refractivity contribution in [2.75, 3.05) is 11.4 Å². The van der Waals surface area contributed by atoms with Gasteiger partial charge in [-0.3, -0.25) is 0 Å². The van der Waals surface area contributed by atoms with E-state index in [4.69, 9.17) is 4.98 Å². The highest BCUT2D eigenvalue weighted by Crippen LogP contribution is 2.30. The van der Waals surface area contributed by atoms with Gasteiger partial charge in [0.2, 0.25) is 0 Å². The molecule has 94 valence electrons. The Morgan fingerprint density at radius 2 is 1.89 bits per heavy atom. The van der Waals surface area contributed by atoms with Crippen LogP contribution in [0.4, 0.5) is 5.69 Å². The highest BCUT2D eigenvalue weighted by Gasteiger charge is 2.19. The summed E-state index contributed by atoms with van der Waals surface area (Å²) in [5.74, 6) is 0. The zero-order valence-electron chi connectivity index (χ0n) is 10.5. The summed E-state index contributed by atoms with van der Waals surface area (Å²) in [7, 11) is 0. The Morgan fingerprint density at radius 1 is 1.05 bits per heavy atom. The first kappa shape index (κ1) is 11.0. The Morgan fingerprint density at radius 3 is 2.84 bits per heavy atom. The summed E-state index contributed by atoms with van der Waals surface area (Å²) in [4.78, 5) is 7.16. The van der Waals surface area contributed by atoms with Crippen LogP contribution in [0.15, 0.2) is 48.5 Å². The van der Waals surface area contributed by atoms with Crippen molar-refractivity contribution in [3.05, 3.63) is 59.1 Å². The molecule has 2 heterocycles. The minimum atomic E-state index is 0.927. The summed E-state index contributed by atoms with van der Waals surface area (Å²) in [6, 6.07) is 17.1. The normalized spacial score (nSPS) is 14.0. The molecule has 2 aromatic carbocycles. The molecule has 0 amide bonds. The van der Waals surface area contributed by atoms with Gasteiger partial charge in [-0.05, 0) is 30.2 Å². The van der Waals surface area contributed by atoms with E-state index in [0.29, 0.717) is 0 Å². The number of nitrogens with zero attached hydrogens (tertiary/aromatic N) is 2. The minimum absolute atomic E-state index is 0.927. The van der Waals surface area contributed by atoms with E-state index in [0.717, 1.165) is 25.0 Å². The molecule has 3 heteroatoms. The molecule has 0 fully saturated rings. The maximum Gasteiger partial charge on any atom is 0.113 e. The zero-order valence-corrected chi connectivity index (χ0v) is 11.4. The average molecular weight is 266 g/mol. The van der Waals surface area contributed by atoms with Crippen LogP contribution < -0.4 is 4.90 Å². The van der Waals surface area contributed by atoms with E-state index in [9.17, 15) is 0 Å². The molecule has 0 unspecified atom stereocenters. The lowest BCUT2D eigenvalue weighted by atomic mass is 10.2. The number of aromatic nitrogens is 1. The van der Waals surface area contributed by atoms with Crippen molar-refractivity contribution in [3.8, 4) is 0 Å². The molecule has 1 aromatic heterocycles. The highest BCUT2D eigenvalue weighted by molar-refractivity contribution is 7.18. The quantitative estimate of drug-likeness (QED) is 0.700. The summed E-state index contributed by atoms with van der Waals surface area (Å²) >= 11 is 1.81. The van der Waals surface area contributed by atoms with E-state index in [-0.39, 0.29) is 0 Å². The minimum Gasteiger partial charge on any atom is -0.364 e. The molecule has 1 aliphatic heterocycles. The Bertz CT molecular complexity index is 699. The standard InChI is InChI=1S/C16H14N2S/c1-3-7-14-12(5-1)9-10-18(14)11-16-17-13-6-2-4-8-15(13)19-16/h1-8H,9-11H2. The number of hydrogen-bond acceptors (Lipinski definition) is 3. The third-order valence-corrected chi connectivity index (χ3v) is 4.67. The molecule has 4 rings (SSSR count). The van der Waals surface area contributed by atoms with Crippen LogP contribution in [0.3, 0.4) is 0 Å². The van der Waals surface area contributed by atoms with E-state index in [1.807, 2.05) is 0 Å². The van der Waals surface area contributed by atoms with Crippen molar-refractivity contribution in [1.29, 1.82) is 0 Å². The van der Waals surface area contributed by atoms with Gasteiger partial charge in [-0.2, -0.15) is 0 Å². The molecule has 0 atom stereocenters. The van der Waals surface area contributed by atoms with Crippen molar-refractivity contribution >= 4 is 27.2 Å². The van der Waals surface area contributed by atoms with Crippen LogP contribution in [0.1, 0.15) is 10.6 Å². The Kier molecular flexibility index (Phi) is 2.52. The molecule has 0 spiro atoms. The van der Waals surface area contributed by atoms with E-state index in [1.54, 1.807) is 11.3 Å². The summed E-state index contributed by atoms with van der Waals surface area (Å²) < 4.78 is 1.28. The molecular formula is C16H14N2S. The number of benzene rings is 2. The van der Waals surface area contributed by atoms with Crippen LogP contribution in [0.5, 0.6) is 0 Å². The lowest BCUT2D eigenvalue weighted by molar-refractivity contribution is 0.832. The molecule has 19 heavy (non-hydrogen) atoms. The van der Waals surface area contributed by atoms with Gasteiger partial charge in [0.05, 0.1) is 16.8 Å². The summed E-state index contributed by atoms with van der Waals surface area (Å²) in [5, 5.41) is 1.21. The fourth-order valence-electron chi connectivity index (χ4n) is 2.72. The predicted octanol–water partition coefficient (Wildman–Crippen LogP) is 3.86. The van der Waals surface area contributed by atoms with Gasteiger partial charge in [0.1, 0.15) is 5.01 Å². The summed E-state index contributed by atoms with van der Waals surface area (Å²) in [5.41, 5.74) is 3.96. The van der Waals surface area contributed by atoms with E-state index >= 15 is 0 Å². The number of anilines is 1. The second-order valence-electron chi connectivity index (χ2n) is 4.88. The van der Waals surface area contributed by atoms with Crippen LogP contribution in [0.2, 0.25) is 0 Å². The lowest BCUT2D eigenvalue weighted by Crippen LogP contribution is -2.19. The first-order valence-corrected chi connectivity index (χ1v) is 7.39. The molecule has 0 bridgehead atoms.